The third-order valence-electron chi connectivity index (χ3n) is 6.33. The molecule has 2 heterocycles. The molecule has 1 aliphatic heterocycles. The van der Waals surface area contributed by atoms with E-state index in [-0.39, 0.29) is 33.5 Å². The molecule has 1 aromatic heterocycles. The zero-order chi connectivity index (χ0) is 25.4. The molecule has 0 aliphatic carbocycles. The summed E-state index contributed by atoms with van der Waals surface area (Å²) in [6.07, 6.45) is 4.40. The van der Waals surface area contributed by atoms with Crippen LogP contribution in [0.4, 0.5) is 17.1 Å². The SMILES string of the molecule is O=[N+]([O-])c1cc(C2CCC(c3ccc(Cl)c([N+](=O)[O-])c3)N2c2ccc(-c3ncco3)cc2)ccc1Cl. The molecule has 0 spiro atoms. The Balaban J connectivity index is 1.59. The lowest BCUT2D eigenvalue weighted by Crippen LogP contribution is -2.26. The molecule has 36 heavy (non-hydrogen) atoms. The van der Waals surface area contributed by atoms with Gasteiger partial charge in [0.05, 0.1) is 28.1 Å². The fourth-order valence-electron chi connectivity index (χ4n) is 4.72. The second-order valence-corrected chi connectivity index (χ2v) is 9.15. The Morgan fingerprint density at radius 2 is 1.36 bits per heavy atom. The largest absolute Gasteiger partial charge is 0.445 e. The van der Waals surface area contributed by atoms with Gasteiger partial charge in [0.1, 0.15) is 16.3 Å². The lowest BCUT2D eigenvalue weighted by molar-refractivity contribution is -0.384. The highest BCUT2D eigenvalue weighted by Crippen LogP contribution is 2.48. The van der Waals surface area contributed by atoms with E-state index < -0.39 is 9.85 Å². The van der Waals surface area contributed by atoms with E-state index in [1.54, 1.807) is 18.3 Å². The van der Waals surface area contributed by atoms with Crippen molar-refractivity contribution in [2.75, 3.05) is 4.90 Å². The Morgan fingerprint density at radius 3 is 1.81 bits per heavy atom. The van der Waals surface area contributed by atoms with Crippen LogP contribution in [-0.4, -0.2) is 14.8 Å². The maximum absolute atomic E-state index is 11.5. The van der Waals surface area contributed by atoms with Crippen LogP contribution in [0.5, 0.6) is 0 Å². The number of nitro benzene ring substituents is 2. The van der Waals surface area contributed by atoms with Crippen molar-refractivity contribution >= 4 is 40.3 Å². The minimum absolute atomic E-state index is 0.0634. The van der Waals surface area contributed by atoms with Gasteiger partial charge in [0.2, 0.25) is 5.89 Å². The number of oxazole rings is 1. The van der Waals surface area contributed by atoms with Crippen LogP contribution >= 0.6 is 23.2 Å². The van der Waals surface area contributed by atoms with E-state index >= 15 is 0 Å². The summed E-state index contributed by atoms with van der Waals surface area (Å²) in [5.74, 6) is 0.484. The van der Waals surface area contributed by atoms with Crippen molar-refractivity contribution in [3.63, 3.8) is 0 Å². The standard InChI is InChI=1S/C25H18Cl2N4O5/c26-19-7-3-16(13-23(19)30(32)33)21-9-10-22(17-4-8-20(27)24(14-17)31(34)35)29(21)18-5-1-15(2-6-18)25-28-11-12-36-25/h1-8,11-14,21-22H,9-10H2. The van der Waals surface area contributed by atoms with Gasteiger partial charge < -0.3 is 9.32 Å². The van der Waals surface area contributed by atoms with Crippen LogP contribution in [0, 0.1) is 20.2 Å². The first kappa shape index (κ1) is 23.8. The van der Waals surface area contributed by atoms with Gasteiger partial charge in [0.15, 0.2) is 0 Å². The Kier molecular flexibility index (Phi) is 6.34. The molecule has 2 atom stereocenters. The first-order valence-corrected chi connectivity index (χ1v) is 11.7. The third-order valence-corrected chi connectivity index (χ3v) is 6.97. The maximum Gasteiger partial charge on any atom is 0.288 e. The number of hydrogen-bond donors (Lipinski definition) is 0. The Morgan fingerprint density at radius 1 is 0.833 bits per heavy atom. The fraction of sp³-hybridized carbons (Fsp3) is 0.160. The van der Waals surface area contributed by atoms with E-state index in [4.69, 9.17) is 27.6 Å². The van der Waals surface area contributed by atoms with E-state index in [0.717, 1.165) is 22.4 Å². The van der Waals surface area contributed by atoms with Crippen LogP contribution in [0.2, 0.25) is 10.0 Å². The van der Waals surface area contributed by atoms with E-state index in [2.05, 4.69) is 9.88 Å². The van der Waals surface area contributed by atoms with Crippen molar-refractivity contribution in [3.05, 3.63) is 115 Å². The molecular weight excluding hydrogens is 507 g/mol. The molecule has 4 aromatic rings. The highest BCUT2D eigenvalue weighted by molar-refractivity contribution is 6.33. The van der Waals surface area contributed by atoms with Crippen molar-refractivity contribution < 1.29 is 14.3 Å². The fourth-order valence-corrected chi connectivity index (χ4v) is 5.09. The van der Waals surface area contributed by atoms with Gasteiger partial charge in [-0.25, -0.2) is 4.98 Å². The van der Waals surface area contributed by atoms with E-state index in [1.165, 1.54) is 30.5 Å². The minimum atomic E-state index is -0.504. The summed E-state index contributed by atoms with van der Waals surface area (Å²) in [6.45, 7) is 0. The lowest BCUT2D eigenvalue weighted by Gasteiger charge is -2.33. The molecule has 9 nitrogen and oxygen atoms in total. The summed E-state index contributed by atoms with van der Waals surface area (Å²) in [4.78, 5) is 28.3. The molecule has 0 radical (unpaired) electrons. The molecule has 0 bridgehead atoms. The smallest absolute Gasteiger partial charge is 0.288 e. The monoisotopic (exact) mass is 524 g/mol. The van der Waals surface area contributed by atoms with Crippen molar-refractivity contribution in [1.82, 2.24) is 4.98 Å². The molecule has 182 valence electrons. The number of aromatic nitrogens is 1. The van der Waals surface area contributed by atoms with Gasteiger partial charge in [0.25, 0.3) is 11.4 Å². The molecule has 11 heteroatoms. The number of hydrogen-bond acceptors (Lipinski definition) is 7. The number of halogens is 2. The van der Waals surface area contributed by atoms with Gasteiger partial charge in [-0.15, -0.1) is 0 Å². The zero-order valence-electron chi connectivity index (χ0n) is 18.6. The van der Waals surface area contributed by atoms with Crippen LogP contribution < -0.4 is 4.90 Å². The van der Waals surface area contributed by atoms with Crippen molar-refractivity contribution in [2.24, 2.45) is 0 Å². The van der Waals surface area contributed by atoms with E-state index in [0.29, 0.717) is 18.7 Å². The van der Waals surface area contributed by atoms with Crippen LogP contribution in [-0.2, 0) is 0 Å². The molecule has 1 fully saturated rings. The summed E-state index contributed by atoms with van der Waals surface area (Å²) in [6, 6.07) is 16.7. The van der Waals surface area contributed by atoms with Crippen LogP contribution in [0.15, 0.2) is 77.5 Å². The average Bonchev–Trinajstić information content (AvgIpc) is 3.55. The molecule has 3 aromatic carbocycles. The topological polar surface area (TPSA) is 116 Å². The van der Waals surface area contributed by atoms with Crippen LogP contribution in [0.1, 0.15) is 36.1 Å². The first-order valence-electron chi connectivity index (χ1n) is 11.0. The number of anilines is 1. The Bertz CT molecular complexity index is 1370. The minimum Gasteiger partial charge on any atom is -0.445 e. The quantitative estimate of drug-likeness (QED) is 0.189. The average molecular weight is 525 g/mol. The second-order valence-electron chi connectivity index (χ2n) is 8.34. The summed E-state index contributed by atoms with van der Waals surface area (Å²) >= 11 is 12.1. The summed E-state index contributed by atoms with van der Waals surface area (Å²) in [7, 11) is 0. The van der Waals surface area contributed by atoms with Gasteiger partial charge in [0, 0.05) is 23.4 Å². The van der Waals surface area contributed by atoms with Crippen LogP contribution in [0.25, 0.3) is 11.5 Å². The predicted octanol–water partition coefficient (Wildman–Crippen LogP) is 7.55. The van der Waals surface area contributed by atoms with Crippen molar-refractivity contribution in [2.45, 2.75) is 24.9 Å². The van der Waals surface area contributed by atoms with E-state index in [1.807, 2.05) is 24.3 Å². The molecule has 1 saturated heterocycles. The molecule has 0 amide bonds. The normalized spacial score (nSPS) is 17.3. The maximum atomic E-state index is 11.5. The zero-order valence-corrected chi connectivity index (χ0v) is 20.1. The van der Waals surface area contributed by atoms with E-state index in [9.17, 15) is 20.2 Å². The van der Waals surface area contributed by atoms with Gasteiger partial charge >= 0.3 is 0 Å². The second kappa shape index (κ2) is 9.60. The summed E-state index contributed by atoms with van der Waals surface area (Å²) in [5.41, 5.74) is 2.76. The molecule has 0 N–H and O–H groups in total. The Labute approximate surface area is 215 Å². The summed E-state index contributed by atoms with van der Waals surface area (Å²) in [5, 5.41) is 23.2. The Hall–Kier alpha value is -3.95. The highest BCUT2D eigenvalue weighted by Gasteiger charge is 2.37. The van der Waals surface area contributed by atoms with Gasteiger partial charge in [-0.05, 0) is 60.4 Å². The van der Waals surface area contributed by atoms with Crippen molar-refractivity contribution in [1.29, 1.82) is 0 Å². The highest BCUT2D eigenvalue weighted by atomic mass is 35.5. The van der Waals surface area contributed by atoms with Crippen molar-refractivity contribution in [3.8, 4) is 11.5 Å². The molecule has 1 aliphatic rings. The third kappa shape index (κ3) is 4.38. The van der Waals surface area contributed by atoms with Gasteiger partial charge in [-0.3, -0.25) is 20.2 Å². The number of nitro groups is 2. The summed E-state index contributed by atoms with van der Waals surface area (Å²) < 4.78 is 5.38. The number of rotatable bonds is 6. The molecular formula is C25H18Cl2N4O5. The number of benzene rings is 3. The first-order chi connectivity index (χ1) is 17.3. The predicted molar refractivity (Wildman–Crippen MR) is 135 cm³/mol. The molecule has 2 unspecified atom stereocenters. The van der Waals surface area contributed by atoms with Crippen LogP contribution in [0.3, 0.4) is 0 Å². The molecule has 5 rings (SSSR count). The van der Waals surface area contributed by atoms with Gasteiger partial charge in [-0.1, -0.05) is 35.3 Å². The van der Waals surface area contributed by atoms with Gasteiger partial charge in [-0.2, -0.15) is 0 Å². The molecule has 0 saturated carbocycles. The lowest BCUT2D eigenvalue weighted by atomic mass is 10.0. The number of nitrogens with zero attached hydrogens (tertiary/aromatic N) is 4.